The number of amides is 2. The molecule has 0 saturated carbocycles. The number of benzene rings is 2. The third kappa shape index (κ3) is 3.56. The summed E-state index contributed by atoms with van der Waals surface area (Å²) >= 11 is 0. The van der Waals surface area contributed by atoms with E-state index in [0.29, 0.717) is 24.5 Å². The number of rotatable bonds is 5. The summed E-state index contributed by atoms with van der Waals surface area (Å²) in [6.45, 7) is 0.733. The zero-order valence-electron chi connectivity index (χ0n) is 13.0. The van der Waals surface area contributed by atoms with Crippen molar-refractivity contribution < 1.29 is 22.7 Å². The fourth-order valence-corrected chi connectivity index (χ4v) is 3.41. The highest BCUT2D eigenvalue weighted by atomic mass is 32.2. The number of primary amides is 1. The molecule has 1 aliphatic heterocycles. The Morgan fingerprint density at radius 1 is 1.08 bits per heavy atom. The topological polar surface area (TPSA) is 119 Å². The van der Waals surface area contributed by atoms with Gasteiger partial charge in [0.05, 0.1) is 11.4 Å². The Labute approximate surface area is 144 Å². The number of cyclic esters (lactones) is 1. The summed E-state index contributed by atoms with van der Waals surface area (Å²) in [6.07, 6.45) is -0.455. The number of nitrogens with two attached hydrogens (primary N) is 1. The average Bonchev–Trinajstić information content (AvgIpc) is 3.01. The summed E-state index contributed by atoms with van der Waals surface area (Å²) in [5, 5.41) is 0. The smallest absolute Gasteiger partial charge is 0.414 e. The molecule has 0 atom stereocenters. The molecule has 0 spiro atoms. The molecular formula is C16H15N3O5S. The normalized spacial score (nSPS) is 14.2. The van der Waals surface area contributed by atoms with Gasteiger partial charge in [-0.3, -0.25) is 14.4 Å². The van der Waals surface area contributed by atoms with Gasteiger partial charge in [0, 0.05) is 16.9 Å². The maximum atomic E-state index is 12.4. The number of nitrogens with zero attached hydrogens (tertiary/aromatic N) is 1. The lowest BCUT2D eigenvalue weighted by Crippen LogP contribution is -2.23. The van der Waals surface area contributed by atoms with Crippen molar-refractivity contribution >= 4 is 33.4 Å². The van der Waals surface area contributed by atoms with E-state index in [2.05, 4.69) is 4.72 Å². The van der Waals surface area contributed by atoms with Gasteiger partial charge in [-0.25, -0.2) is 13.2 Å². The van der Waals surface area contributed by atoms with Gasteiger partial charge in [0.2, 0.25) is 5.91 Å². The second-order valence-electron chi connectivity index (χ2n) is 5.31. The molecule has 2 aromatic carbocycles. The number of anilines is 2. The first kappa shape index (κ1) is 16.8. The van der Waals surface area contributed by atoms with Crippen LogP contribution >= 0.6 is 0 Å². The third-order valence-electron chi connectivity index (χ3n) is 3.64. The maximum Gasteiger partial charge on any atom is 0.414 e. The van der Waals surface area contributed by atoms with E-state index in [0.717, 1.165) is 0 Å². The molecular weight excluding hydrogens is 346 g/mol. The second-order valence-corrected chi connectivity index (χ2v) is 6.99. The van der Waals surface area contributed by atoms with Crippen LogP contribution in [0.5, 0.6) is 0 Å². The van der Waals surface area contributed by atoms with Crippen LogP contribution in [0.15, 0.2) is 53.4 Å². The summed E-state index contributed by atoms with van der Waals surface area (Å²) < 4.78 is 32.1. The molecule has 0 radical (unpaired) electrons. The number of ether oxygens (including phenoxy) is 1. The van der Waals surface area contributed by atoms with Gasteiger partial charge in [0.15, 0.2) is 0 Å². The van der Waals surface area contributed by atoms with Crippen LogP contribution in [0.1, 0.15) is 10.4 Å². The number of carbonyl (C=O) groups is 2. The van der Waals surface area contributed by atoms with Crippen LogP contribution in [0.25, 0.3) is 0 Å². The largest absolute Gasteiger partial charge is 0.447 e. The molecule has 0 aromatic heterocycles. The van der Waals surface area contributed by atoms with Gasteiger partial charge in [0.1, 0.15) is 6.61 Å². The van der Waals surface area contributed by atoms with Gasteiger partial charge in [-0.1, -0.05) is 0 Å². The summed E-state index contributed by atoms with van der Waals surface area (Å²) in [5.41, 5.74) is 6.29. The van der Waals surface area contributed by atoms with Crippen molar-refractivity contribution in [3.63, 3.8) is 0 Å². The van der Waals surface area contributed by atoms with E-state index in [9.17, 15) is 18.0 Å². The van der Waals surface area contributed by atoms with Gasteiger partial charge in [-0.05, 0) is 48.5 Å². The van der Waals surface area contributed by atoms with Crippen LogP contribution in [0.4, 0.5) is 16.2 Å². The first-order valence-electron chi connectivity index (χ1n) is 7.34. The molecule has 3 N–H and O–H groups in total. The Morgan fingerprint density at radius 2 is 1.72 bits per heavy atom. The van der Waals surface area contributed by atoms with Crippen LogP contribution in [-0.4, -0.2) is 33.6 Å². The Morgan fingerprint density at radius 3 is 2.24 bits per heavy atom. The van der Waals surface area contributed by atoms with E-state index < -0.39 is 22.0 Å². The summed E-state index contributed by atoms with van der Waals surface area (Å²) in [4.78, 5) is 24.0. The molecule has 0 unspecified atom stereocenters. The number of nitrogens with one attached hydrogen (secondary N) is 1. The minimum Gasteiger partial charge on any atom is -0.447 e. The molecule has 8 nitrogen and oxygen atoms in total. The SMILES string of the molecule is NC(=O)c1ccc(NS(=O)(=O)c2ccc(N3CCOC3=O)cc2)cc1. The molecule has 1 heterocycles. The van der Waals surface area contributed by atoms with Crippen molar-refractivity contribution in [1.29, 1.82) is 0 Å². The highest BCUT2D eigenvalue weighted by Gasteiger charge is 2.24. The van der Waals surface area contributed by atoms with Crippen LogP contribution in [0.3, 0.4) is 0 Å². The Balaban J connectivity index is 1.77. The highest BCUT2D eigenvalue weighted by molar-refractivity contribution is 7.92. The van der Waals surface area contributed by atoms with Gasteiger partial charge in [0.25, 0.3) is 10.0 Å². The van der Waals surface area contributed by atoms with Crippen molar-refractivity contribution in [3.05, 3.63) is 54.1 Å². The molecule has 0 bridgehead atoms. The van der Waals surface area contributed by atoms with Gasteiger partial charge in [-0.15, -0.1) is 0 Å². The van der Waals surface area contributed by atoms with Crippen LogP contribution in [-0.2, 0) is 14.8 Å². The molecule has 1 fully saturated rings. The lowest BCUT2D eigenvalue weighted by molar-refractivity contribution is 0.1000. The van der Waals surface area contributed by atoms with Gasteiger partial charge in [-0.2, -0.15) is 0 Å². The fraction of sp³-hybridized carbons (Fsp3) is 0.125. The quantitative estimate of drug-likeness (QED) is 0.837. The third-order valence-corrected chi connectivity index (χ3v) is 5.04. The minimum atomic E-state index is -3.80. The Kier molecular flexibility index (Phi) is 4.32. The van der Waals surface area contributed by atoms with Crippen molar-refractivity contribution in [2.45, 2.75) is 4.90 Å². The Bertz CT molecular complexity index is 908. The zero-order valence-corrected chi connectivity index (χ0v) is 13.8. The van der Waals surface area contributed by atoms with E-state index in [1.165, 1.54) is 53.4 Å². The molecule has 2 amide bonds. The van der Waals surface area contributed by atoms with Crippen molar-refractivity contribution in [3.8, 4) is 0 Å². The average molecular weight is 361 g/mol. The molecule has 1 saturated heterocycles. The van der Waals surface area contributed by atoms with Gasteiger partial charge >= 0.3 is 6.09 Å². The predicted molar refractivity (Wildman–Crippen MR) is 90.9 cm³/mol. The van der Waals surface area contributed by atoms with E-state index in [-0.39, 0.29) is 10.5 Å². The molecule has 3 rings (SSSR count). The monoisotopic (exact) mass is 361 g/mol. The molecule has 9 heteroatoms. The van der Waals surface area contributed by atoms with E-state index in [4.69, 9.17) is 10.5 Å². The number of carbonyl (C=O) groups excluding carboxylic acids is 2. The van der Waals surface area contributed by atoms with Crippen molar-refractivity contribution in [1.82, 2.24) is 0 Å². The predicted octanol–water partition coefficient (Wildman–Crippen LogP) is 1.54. The highest BCUT2D eigenvalue weighted by Crippen LogP contribution is 2.22. The summed E-state index contributed by atoms with van der Waals surface area (Å²) in [6, 6.07) is 11.7. The molecule has 2 aromatic rings. The fourth-order valence-electron chi connectivity index (χ4n) is 2.35. The van der Waals surface area contributed by atoms with E-state index in [1.54, 1.807) is 0 Å². The lowest BCUT2D eigenvalue weighted by Gasteiger charge is -2.13. The molecule has 25 heavy (non-hydrogen) atoms. The number of hydrogen-bond donors (Lipinski definition) is 2. The van der Waals surface area contributed by atoms with Crippen molar-refractivity contribution in [2.24, 2.45) is 5.73 Å². The molecule has 0 aliphatic carbocycles. The van der Waals surface area contributed by atoms with E-state index in [1.807, 2.05) is 0 Å². The zero-order chi connectivity index (χ0) is 18.0. The van der Waals surface area contributed by atoms with Crippen LogP contribution < -0.4 is 15.4 Å². The first-order valence-corrected chi connectivity index (χ1v) is 8.82. The lowest BCUT2D eigenvalue weighted by atomic mass is 10.2. The summed E-state index contributed by atoms with van der Waals surface area (Å²) in [7, 11) is -3.80. The standard InChI is InChI=1S/C16H15N3O5S/c17-15(20)11-1-3-12(4-2-11)18-25(22,23)14-7-5-13(6-8-14)19-9-10-24-16(19)21/h1-8,18H,9-10H2,(H2,17,20). The van der Waals surface area contributed by atoms with Crippen LogP contribution in [0, 0.1) is 0 Å². The number of hydrogen-bond acceptors (Lipinski definition) is 5. The van der Waals surface area contributed by atoms with E-state index >= 15 is 0 Å². The molecule has 130 valence electrons. The van der Waals surface area contributed by atoms with Crippen molar-refractivity contribution in [2.75, 3.05) is 22.8 Å². The summed E-state index contributed by atoms with van der Waals surface area (Å²) in [5.74, 6) is -0.592. The maximum absolute atomic E-state index is 12.4. The first-order chi connectivity index (χ1) is 11.9. The number of sulfonamides is 1. The Hall–Kier alpha value is -3.07. The van der Waals surface area contributed by atoms with Gasteiger partial charge < -0.3 is 10.5 Å². The minimum absolute atomic E-state index is 0.0443. The molecule has 1 aliphatic rings. The van der Waals surface area contributed by atoms with Crippen LogP contribution in [0.2, 0.25) is 0 Å². The second kappa shape index (κ2) is 6.44.